The highest BCUT2D eigenvalue weighted by molar-refractivity contribution is 7.89. The third-order valence-corrected chi connectivity index (χ3v) is 3.54. The fraction of sp³-hybridized carbons (Fsp3) is 0. The van der Waals surface area contributed by atoms with Crippen molar-refractivity contribution < 1.29 is 13.2 Å². The van der Waals surface area contributed by atoms with Gasteiger partial charge < -0.3 is 5.32 Å². The van der Waals surface area contributed by atoms with E-state index in [1.165, 1.54) is 24.4 Å². The number of halogens is 1. The van der Waals surface area contributed by atoms with E-state index < -0.39 is 15.9 Å². The fourth-order valence-electron chi connectivity index (χ4n) is 1.32. The number of nitrogens with one attached hydrogen (secondary N) is 2. The van der Waals surface area contributed by atoms with Crippen LogP contribution in [-0.2, 0) is 10.0 Å². The van der Waals surface area contributed by atoms with Crippen LogP contribution in [0.3, 0.4) is 0 Å². The second-order valence-electron chi connectivity index (χ2n) is 3.50. The Morgan fingerprint density at radius 3 is 2.68 bits per heavy atom. The third kappa shape index (κ3) is 3.08. The van der Waals surface area contributed by atoms with E-state index in [1.54, 1.807) is 0 Å². The summed E-state index contributed by atoms with van der Waals surface area (Å²) in [6, 6.07) is 3.85. The summed E-state index contributed by atoms with van der Waals surface area (Å²) >= 11 is 5.78. The van der Waals surface area contributed by atoms with Crippen molar-refractivity contribution in [2.75, 3.05) is 5.32 Å². The lowest BCUT2D eigenvalue weighted by Gasteiger charge is -2.06. The number of rotatable bonds is 3. The van der Waals surface area contributed by atoms with Gasteiger partial charge in [-0.1, -0.05) is 11.6 Å². The normalized spacial score (nSPS) is 11.3. The van der Waals surface area contributed by atoms with Gasteiger partial charge in [0.15, 0.2) is 5.69 Å². The molecule has 8 nitrogen and oxygen atoms in total. The monoisotopic (exact) mass is 301 g/mol. The van der Waals surface area contributed by atoms with E-state index in [2.05, 4.69) is 20.7 Å². The van der Waals surface area contributed by atoms with Gasteiger partial charge in [0.1, 0.15) is 4.90 Å². The first-order chi connectivity index (χ1) is 8.88. The SMILES string of the molecule is NS(=O)(=O)c1ccc(NC(=O)c2cn[nH]n2)cc1Cl. The predicted molar refractivity (Wildman–Crippen MR) is 67.2 cm³/mol. The molecule has 0 fully saturated rings. The quantitative estimate of drug-likeness (QED) is 0.753. The Hall–Kier alpha value is -1.97. The van der Waals surface area contributed by atoms with E-state index in [9.17, 15) is 13.2 Å². The number of sulfonamides is 1. The number of hydrogen-bond donors (Lipinski definition) is 3. The number of carbonyl (C=O) groups is 1. The van der Waals surface area contributed by atoms with E-state index in [4.69, 9.17) is 16.7 Å². The highest BCUT2D eigenvalue weighted by Gasteiger charge is 2.14. The summed E-state index contributed by atoms with van der Waals surface area (Å²) in [7, 11) is -3.89. The van der Waals surface area contributed by atoms with Crippen molar-refractivity contribution >= 4 is 33.2 Å². The van der Waals surface area contributed by atoms with Crippen molar-refractivity contribution in [3.05, 3.63) is 35.1 Å². The highest BCUT2D eigenvalue weighted by atomic mass is 35.5. The van der Waals surface area contributed by atoms with Crippen molar-refractivity contribution in [1.29, 1.82) is 0 Å². The molecule has 0 saturated carbocycles. The fourth-order valence-corrected chi connectivity index (χ4v) is 2.41. The lowest BCUT2D eigenvalue weighted by Crippen LogP contribution is -2.14. The molecule has 0 atom stereocenters. The zero-order valence-electron chi connectivity index (χ0n) is 9.29. The summed E-state index contributed by atoms with van der Waals surface area (Å²) in [5.74, 6) is -0.506. The molecule has 0 spiro atoms. The predicted octanol–water partition coefficient (Wildman–Crippen LogP) is 0.358. The van der Waals surface area contributed by atoms with Gasteiger partial charge in [0.25, 0.3) is 5.91 Å². The van der Waals surface area contributed by atoms with Crippen molar-refractivity contribution in [2.45, 2.75) is 4.90 Å². The molecule has 4 N–H and O–H groups in total. The maximum atomic E-state index is 11.6. The topological polar surface area (TPSA) is 131 Å². The molecule has 1 amide bonds. The van der Waals surface area contributed by atoms with E-state index in [-0.39, 0.29) is 15.6 Å². The van der Waals surface area contributed by atoms with Crippen LogP contribution in [0.5, 0.6) is 0 Å². The van der Waals surface area contributed by atoms with Crippen LogP contribution in [0.15, 0.2) is 29.3 Å². The highest BCUT2D eigenvalue weighted by Crippen LogP contribution is 2.24. The molecule has 0 aliphatic carbocycles. The number of benzene rings is 1. The third-order valence-electron chi connectivity index (χ3n) is 2.14. The van der Waals surface area contributed by atoms with Crippen molar-refractivity contribution in [1.82, 2.24) is 15.4 Å². The molecule has 0 bridgehead atoms. The minimum Gasteiger partial charge on any atom is -0.320 e. The first-order valence-corrected chi connectivity index (χ1v) is 6.80. The molecule has 2 aromatic rings. The summed E-state index contributed by atoms with van der Waals surface area (Å²) in [4.78, 5) is 11.4. The summed E-state index contributed by atoms with van der Waals surface area (Å²) in [6.07, 6.45) is 1.25. The van der Waals surface area contributed by atoms with Gasteiger partial charge in [-0.15, -0.1) is 0 Å². The van der Waals surface area contributed by atoms with E-state index >= 15 is 0 Å². The molecule has 0 aliphatic rings. The van der Waals surface area contributed by atoms with Gasteiger partial charge in [-0.25, -0.2) is 13.6 Å². The number of nitrogens with zero attached hydrogens (tertiary/aromatic N) is 2. The number of aromatic amines is 1. The molecule has 1 aromatic heterocycles. The minimum atomic E-state index is -3.89. The Morgan fingerprint density at radius 1 is 1.42 bits per heavy atom. The van der Waals surface area contributed by atoms with Gasteiger partial charge in [0.2, 0.25) is 10.0 Å². The van der Waals surface area contributed by atoms with Gasteiger partial charge in [-0.2, -0.15) is 15.4 Å². The molecule has 2 rings (SSSR count). The summed E-state index contributed by atoms with van der Waals surface area (Å²) in [5, 5.41) is 16.7. The van der Waals surface area contributed by atoms with Crippen molar-refractivity contribution in [3.8, 4) is 0 Å². The standard InChI is InChI=1S/C9H8ClN5O3S/c10-6-3-5(1-2-8(6)19(11,17)18)13-9(16)7-4-12-15-14-7/h1-4H,(H,13,16)(H2,11,17,18)(H,12,14,15). The molecular formula is C9H8ClN5O3S. The molecule has 0 aliphatic heterocycles. The molecule has 100 valence electrons. The number of carbonyl (C=O) groups excluding carboxylic acids is 1. The maximum Gasteiger partial charge on any atom is 0.277 e. The first kappa shape index (κ1) is 13.5. The number of hydrogen-bond acceptors (Lipinski definition) is 5. The lowest BCUT2D eigenvalue weighted by atomic mass is 10.3. The number of primary sulfonamides is 1. The molecule has 19 heavy (non-hydrogen) atoms. The van der Waals surface area contributed by atoms with Crippen molar-refractivity contribution in [3.63, 3.8) is 0 Å². The van der Waals surface area contributed by atoms with Crippen LogP contribution < -0.4 is 10.5 Å². The Bertz CT molecular complexity index is 713. The first-order valence-electron chi connectivity index (χ1n) is 4.87. The van der Waals surface area contributed by atoms with E-state index in [1.807, 2.05) is 0 Å². The van der Waals surface area contributed by atoms with Crippen LogP contribution in [0.1, 0.15) is 10.5 Å². The molecule has 1 heterocycles. The molecule has 0 unspecified atom stereocenters. The van der Waals surface area contributed by atoms with Gasteiger partial charge in [-0.05, 0) is 18.2 Å². The second kappa shape index (κ2) is 4.96. The average Bonchev–Trinajstić information content (AvgIpc) is 2.80. The van der Waals surface area contributed by atoms with Crippen LogP contribution >= 0.6 is 11.6 Å². The van der Waals surface area contributed by atoms with Gasteiger partial charge in [-0.3, -0.25) is 4.79 Å². The summed E-state index contributed by atoms with van der Waals surface area (Å²) < 4.78 is 22.3. The van der Waals surface area contributed by atoms with E-state index in [0.29, 0.717) is 5.69 Å². The zero-order chi connectivity index (χ0) is 14.0. The summed E-state index contributed by atoms with van der Waals surface area (Å²) in [6.45, 7) is 0. The van der Waals surface area contributed by atoms with Gasteiger partial charge in [0.05, 0.1) is 11.2 Å². The molecule has 10 heteroatoms. The minimum absolute atomic E-state index is 0.0829. The van der Waals surface area contributed by atoms with Crippen LogP contribution in [-0.4, -0.2) is 29.7 Å². The second-order valence-corrected chi connectivity index (χ2v) is 5.44. The molecule has 0 saturated heterocycles. The Morgan fingerprint density at radius 2 is 2.16 bits per heavy atom. The number of anilines is 1. The Balaban J connectivity index is 2.24. The molecule has 0 radical (unpaired) electrons. The lowest BCUT2D eigenvalue weighted by molar-refractivity contribution is 0.102. The molecule has 1 aromatic carbocycles. The van der Waals surface area contributed by atoms with E-state index in [0.717, 1.165) is 0 Å². The zero-order valence-corrected chi connectivity index (χ0v) is 10.9. The molecular weight excluding hydrogens is 294 g/mol. The van der Waals surface area contributed by atoms with Crippen LogP contribution in [0.4, 0.5) is 5.69 Å². The number of nitrogens with two attached hydrogens (primary N) is 1. The number of amides is 1. The number of aromatic nitrogens is 3. The largest absolute Gasteiger partial charge is 0.320 e. The average molecular weight is 302 g/mol. The van der Waals surface area contributed by atoms with Gasteiger partial charge >= 0.3 is 0 Å². The van der Waals surface area contributed by atoms with Crippen LogP contribution in [0, 0.1) is 0 Å². The maximum absolute atomic E-state index is 11.6. The smallest absolute Gasteiger partial charge is 0.277 e. The van der Waals surface area contributed by atoms with Gasteiger partial charge in [0, 0.05) is 5.69 Å². The van der Waals surface area contributed by atoms with Crippen LogP contribution in [0.25, 0.3) is 0 Å². The van der Waals surface area contributed by atoms with Crippen molar-refractivity contribution in [2.24, 2.45) is 5.14 Å². The Kier molecular flexibility index (Phi) is 3.51. The number of H-pyrrole nitrogens is 1. The Labute approximate surface area is 113 Å². The van der Waals surface area contributed by atoms with Crippen LogP contribution in [0.2, 0.25) is 5.02 Å². The summed E-state index contributed by atoms with van der Waals surface area (Å²) in [5.41, 5.74) is 0.400.